The molecule has 0 radical (unpaired) electrons. The Morgan fingerprint density at radius 2 is 2.06 bits per heavy atom. The monoisotopic (exact) mass is 484 g/mol. The van der Waals surface area contributed by atoms with E-state index in [0.717, 1.165) is 11.3 Å². The Bertz CT molecular complexity index is 1230. The van der Waals surface area contributed by atoms with Crippen molar-refractivity contribution in [2.45, 2.75) is 6.92 Å². The Balaban J connectivity index is 2.00. The molecule has 164 valence electrons. The predicted octanol–water partition coefficient (Wildman–Crippen LogP) is 4.20. The van der Waals surface area contributed by atoms with Crippen LogP contribution in [0.25, 0.3) is 21.3 Å². The van der Waals surface area contributed by atoms with E-state index in [-0.39, 0.29) is 45.5 Å². The molecule has 8 nitrogen and oxygen atoms in total. The molecule has 11 heteroatoms. The summed E-state index contributed by atoms with van der Waals surface area (Å²) in [6.07, 6.45) is 1.51. The summed E-state index contributed by atoms with van der Waals surface area (Å²) in [5.74, 6) is -0.455. The minimum atomic E-state index is -0.550. The van der Waals surface area contributed by atoms with Gasteiger partial charge in [0.05, 0.1) is 29.2 Å². The number of hydrogen-bond acceptors (Lipinski definition) is 8. The molecule has 0 unspecified atom stereocenters. The summed E-state index contributed by atoms with van der Waals surface area (Å²) in [4.78, 5) is 32.6. The van der Waals surface area contributed by atoms with Crippen molar-refractivity contribution in [2.75, 3.05) is 27.4 Å². The number of hydrogen-bond donors (Lipinski definition) is 2. The van der Waals surface area contributed by atoms with E-state index in [9.17, 15) is 14.7 Å². The first-order chi connectivity index (χ1) is 14.8. The number of H-pyrrole nitrogens is 1. The SMILES string of the molecule is COCCOC(=O)c1sc2nc(/C(Cl)=C/c3cc(Cl)c(O)c(OC)c3)[nH]c(=O)c2c1C. The molecule has 0 amide bonds. The van der Waals surface area contributed by atoms with Crippen LogP contribution >= 0.6 is 34.5 Å². The summed E-state index contributed by atoms with van der Waals surface area (Å²) in [5, 5.41) is 10.4. The Kier molecular flexibility index (Phi) is 7.22. The molecule has 0 aliphatic rings. The van der Waals surface area contributed by atoms with Crippen LogP contribution in [0.5, 0.6) is 11.5 Å². The van der Waals surface area contributed by atoms with Crippen LogP contribution in [0.2, 0.25) is 5.02 Å². The van der Waals surface area contributed by atoms with Crippen molar-refractivity contribution in [1.29, 1.82) is 0 Å². The van der Waals surface area contributed by atoms with Crippen molar-refractivity contribution >= 4 is 61.8 Å². The van der Waals surface area contributed by atoms with Gasteiger partial charge in [0.1, 0.15) is 16.3 Å². The van der Waals surface area contributed by atoms with E-state index in [1.165, 1.54) is 32.4 Å². The highest BCUT2D eigenvalue weighted by Gasteiger charge is 2.21. The van der Waals surface area contributed by atoms with Gasteiger partial charge in [-0.1, -0.05) is 23.2 Å². The Labute approximate surface area is 191 Å². The maximum absolute atomic E-state index is 12.7. The van der Waals surface area contributed by atoms with Gasteiger partial charge >= 0.3 is 5.97 Å². The molecule has 3 rings (SSSR count). The van der Waals surface area contributed by atoms with Crippen LogP contribution in [-0.4, -0.2) is 48.5 Å². The minimum absolute atomic E-state index is 0.0810. The number of nitrogens with zero attached hydrogens (tertiary/aromatic N) is 1. The third-order valence-corrected chi connectivity index (χ3v) is 6.04. The Hall–Kier alpha value is -2.59. The highest BCUT2D eigenvalue weighted by atomic mass is 35.5. The number of aromatic amines is 1. The standard InChI is InChI=1S/C20H18Cl2N2O6S/c1-9-14-18(26)23-17(24-19(14)31-16(9)20(27)30-5-4-28-2)12(22)7-10-6-11(21)15(25)13(8-10)29-3/h6-8,25H,4-5H2,1-3H3,(H,23,24,26)/b12-7-. The van der Waals surface area contributed by atoms with E-state index >= 15 is 0 Å². The van der Waals surface area contributed by atoms with Crippen molar-refractivity contribution in [1.82, 2.24) is 9.97 Å². The van der Waals surface area contributed by atoms with Crippen LogP contribution in [0.3, 0.4) is 0 Å². The number of fused-ring (bicyclic) bond motifs is 1. The number of ether oxygens (including phenoxy) is 3. The molecule has 2 heterocycles. The maximum atomic E-state index is 12.7. The van der Waals surface area contributed by atoms with Crippen LogP contribution in [0.4, 0.5) is 0 Å². The lowest BCUT2D eigenvalue weighted by atomic mass is 10.2. The van der Waals surface area contributed by atoms with Crippen molar-refractivity contribution < 1.29 is 24.1 Å². The van der Waals surface area contributed by atoms with Gasteiger partial charge in [-0.15, -0.1) is 11.3 Å². The van der Waals surface area contributed by atoms with Gasteiger partial charge in [-0.25, -0.2) is 9.78 Å². The molecule has 0 saturated heterocycles. The van der Waals surface area contributed by atoms with Crippen molar-refractivity contribution in [3.63, 3.8) is 0 Å². The lowest BCUT2D eigenvalue weighted by Gasteiger charge is -2.07. The molecule has 0 fully saturated rings. The maximum Gasteiger partial charge on any atom is 0.348 e. The van der Waals surface area contributed by atoms with E-state index in [4.69, 9.17) is 37.4 Å². The van der Waals surface area contributed by atoms with E-state index in [1.807, 2.05) is 0 Å². The Morgan fingerprint density at radius 1 is 1.32 bits per heavy atom. The molecule has 0 aliphatic carbocycles. The van der Waals surface area contributed by atoms with E-state index in [1.54, 1.807) is 6.92 Å². The molecule has 0 atom stereocenters. The van der Waals surface area contributed by atoms with Crippen molar-refractivity contribution in [3.8, 4) is 11.5 Å². The number of rotatable bonds is 7. The number of aryl methyl sites for hydroxylation is 1. The number of phenolic OH excluding ortho intramolecular Hbond substituents is 1. The number of thiophene rings is 1. The van der Waals surface area contributed by atoms with Crippen LogP contribution in [-0.2, 0) is 9.47 Å². The number of methoxy groups -OCH3 is 2. The summed E-state index contributed by atoms with van der Waals surface area (Å²) < 4.78 is 15.1. The van der Waals surface area contributed by atoms with Crippen LogP contribution in [0, 0.1) is 6.92 Å². The normalized spacial score (nSPS) is 11.7. The molecule has 1 aromatic carbocycles. The van der Waals surface area contributed by atoms with Crippen molar-refractivity contribution in [3.05, 3.63) is 49.3 Å². The summed E-state index contributed by atoms with van der Waals surface area (Å²) in [7, 11) is 2.90. The number of benzene rings is 1. The number of halogens is 2. The van der Waals surface area contributed by atoms with Gasteiger partial charge in [-0.05, 0) is 36.3 Å². The van der Waals surface area contributed by atoms with Gasteiger partial charge in [-0.2, -0.15) is 0 Å². The third kappa shape index (κ3) is 4.85. The van der Waals surface area contributed by atoms with Crippen LogP contribution in [0.15, 0.2) is 16.9 Å². The second-order valence-corrected chi connectivity index (χ2v) is 8.14. The molecule has 0 saturated carbocycles. The summed E-state index contributed by atoms with van der Waals surface area (Å²) >= 11 is 13.4. The van der Waals surface area contributed by atoms with Crippen LogP contribution < -0.4 is 10.3 Å². The molecule has 2 N–H and O–H groups in total. The van der Waals surface area contributed by atoms with Gasteiger partial charge in [-0.3, -0.25) is 4.79 Å². The van der Waals surface area contributed by atoms with Gasteiger partial charge in [0.25, 0.3) is 5.56 Å². The number of carbonyl (C=O) groups is 1. The molecule has 31 heavy (non-hydrogen) atoms. The largest absolute Gasteiger partial charge is 0.503 e. The predicted molar refractivity (Wildman–Crippen MR) is 121 cm³/mol. The van der Waals surface area contributed by atoms with E-state index in [0.29, 0.717) is 21.3 Å². The van der Waals surface area contributed by atoms with Crippen molar-refractivity contribution in [2.24, 2.45) is 0 Å². The average molecular weight is 485 g/mol. The number of nitrogens with one attached hydrogen (secondary N) is 1. The molecule has 3 aromatic rings. The number of carbonyl (C=O) groups excluding carboxylic acids is 1. The fourth-order valence-electron chi connectivity index (χ4n) is 2.78. The zero-order chi connectivity index (χ0) is 22.7. The minimum Gasteiger partial charge on any atom is -0.503 e. The molecule has 0 bridgehead atoms. The third-order valence-electron chi connectivity index (χ3n) is 4.30. The number of aromatic nitrogens is 2. The van der Waals surface area contributed by atoms with Gasteiger partial charge in [0, 0.05) is 7.11 Å². The molecule has 0 aliphatic heterocycles. The Morgan fingerprint density at radius 3 is 2.74 bits per heavy atom. The zero-order valence-electron chi connectivity index (χ0n) is 16.7. The topological polar surface area (TPSA) is 111 Å². The number of aromatic hydroxyl groups is 1. The fraction of sp³-hybridized carbons (Fsp3) is 0.250. The highest BCUT2D eigenvalue weighted by molar-refractivity contribution is 7.20. The summed E-state index contributed by atoms with van der Waals surface area (Å²) in [6, 6.07) is 3.02. The first-order valence-electron chi connectivity index (χ1n) is 8.90. The highest BCUT2D eigenvalue weighted by Crippen LogP contribution is 2.36. The zero-order valence-corrected chi connectivity index (χ0v) is 19.1. The lowest BCUT2D eigenvalue weighted by Crippen LogP contribution is -2.11. The van der Waals surface area contributed by atoms with Crippen LogP contribution in [0.1, 0.15) is 26.6 Å². The smallest absolute Gasteiger partial charge is 0.348 e. The van der Waals surface area contributed by atoms with Gasteiger partial charge in [0.15, 0.2) is 17.3 Å². The number of phenols is 1. The van der Waals surface area contributed by atoms with E-state index in [2.05, 4.69) is 9.97 Å². The number of esters is 1. The molecule has 2 aromatic heterocycles. The average Bonchev–Trinajstić information content (AvgIpc) is 3.07. The second kappa shape index (κ2) is 9.69. The second-order valence-electron chi connectivity index (χ2n) is 6.33. The lowest BCUT2D eigenvalue weighted by molar-refractivity contribution is 0.0393. The molecule has 0 spiro atoms. The quantitative estimate of drug-likeness (QED) is 0.381. The van der Waals surface area contributed by atoms with Gasteiger partial charge < -0.3 is 24.3 Å². The first kappa shape index (κ1) is 23.1. The summed E-state index contributed by atoms with van der Waals surface area (Å²) in [6.45, 7) is 2.03. The van der Waals surface area contributed by atoms with Gasteiger partial charge in [0.2, 0.25) is 0 Å². The summed E-state index contributed by atoms with van der Waals surface area (Å²) in [5.41, 5.74) is 0.576. The molecular formula is C20H18Cl2N2O6S. The fourth-order valence-corrected chi connectivity index (χ4v) is 4.29. The first-order valence-corrected chi connectivity index (χ1v) is 10.5. The van der Waals surface area contributed by atoms with E-state index < -0.39 is 11.5 Å². The molecular weight excluding hydrogens is 467 g/mol.